The van der Waals surface area contributed by atoms with Gasteiger partial charge in [0.05, 0.1) is 31.4 Å². The van der Waals surface area contributed by atoms with Crippen LogP contribution in [0.5, 0.6) is 0 Å². The molecule has 1 unspecified atom stereocenters. The van der Waals surface area contributed by atoms with Gasteiger partial charge in [0.25, 0.3) is 0 Å². The third-order valence-corrected chi connectivity index (χ3v) is 3.17. The van der Waals surface area contributed by atoms with Crippen LogP contribution >= 0.6 is 0 Å². The number of carbonyl (C=O) groups is 2. The Morgan fingerprint density at radius 3 is 2.76 bits per heavy atom. The maximum Gasteiger partial charge on any atom is 0.323 e. The molecule has 7 nitrogen and oxygen atoms in total. The van der Waals surface area contributed by atoms with Gasteiger partial charge in [0, 0.05) is 12.2 Å². The predicted molar refractivity (Wildman–Crippen MR) is 73.6 cm³/mol. The second kappa shape index (κ2) is 6.83. The van der Waals surface area contributed by atoms with E-state index in [1.807, 2.05) is 6.07 Å². The van der Waals surface area contributed by atoms with Crippen molar-refractivity contribution in [2.75, 3.05) is 31.6 Å². The van der Waals surface area contributed by atoms with Crippen LogP contribution in [0.2, 0.25) is 0 Å². The molecule has 0 spiro atoms. The van der Waals surface area contributed by atoms with Crippen molar-refractivity contribution in [1.29, 1.82) is 5.26 Å². The Hall–Kier alpha value is -2.43. The number of benzene rings is 1. The zero-order valence-corrected chi connectivity index (χ0v) is 11.3. The van der Waals surface area contributed by atoms with E-state index in [0.29, 0.717) is 24.4 Å². The predicted octanol–water partition coefficient (Wildman–Crippen LogP) is 0.282. The number of rotatable bonds is 4. The van der Waals surface area contributed by atoms with Crippen LogP contribution in [0.15, 0.2) is 24.3 Å². The molecule has 1 heterocycles. The molecule has 1 aromatic carbocycles. The van der Waals surface area contributed by atoms with Crippen molar-refractivity contribution >= 4 is 17.6 Å². The van der Waals surface area contributed by atoms with Crippen molar-refractivity contribution in [1.82, 2.24) is 4.90 Å². The Morgan fingerprint density at radius 2 is 2.14 bits per heavy atom. The van der Waals surface area contributed by atoms with Gasteiger partial charge < -0.3 is 15.2 Å². The average Bonchev–Trinajstić information content (AvgIpc) is 2.48. The summed E-state index contributed by atoms with van der Waals surface area (Å²) in [6.07, 6.45) is 0. The average molecular weight is 289 g/mol. The van der Waals surface area contributed by atoms with Crippen molar-refractivity contribution in [3.8, 4) is 6.07 Å². The molecule has 1 amide bonds. The summed E-state index contributed by atoms with van der Waals surface area (Å²) in [7, 11) is 0. The molecule has 0 aromatic heterocycles. The third-order valence-electron chi connectivity index (χ3n) is 3.17. The number of hydrogen-bond acceptors (Lipinski definition) is 5. The number of carbonyl (C=O) groups excluding carboxylic acids is 1. The lowest BCUT2D eigenvalue weighted by Crippen LogP contribution is -2.52. The fourth-order valence-electron chi connectivity index (χ4n) is 2.07. The van der Waals surface area contributed by atoms with E-state index in [2.05, 4.69) is 5.32 Å². The van der Waals surface area contributed by atoms with Gasteiger partial charge in [-0.05, 0) is 24.3 Å². The fourth-order valence-corrected chi connectivity index (χ4v) is 2.07. The summed E-state index contributed by atoms with van der Waals surface area (Å²) in [6.45, 7) is 0.880. The highest BCUT2D eigenvalue weighted by molar-refractivity contribution is 5.92. The van der Waals surface area contributed by atoms with Gasteiger partial charge >= 0.3 is 5.97 Å². The van der Waals surface area contributed by atoms with Gasteiger partial charge in [0.1, 0.15) is 6.04 Å². The molecule has 0 aliphatic carbocycles. The molecule has 1 fully saturated rings. The number of nitriles is 1. The van der Waals surface area contributed by atoms with Crippen molar-refractivity contribution < 1.29 is 19.4 Å². The second-order valence-electron chi connectivity index (χ2n) is 4.64. The largest absolute Gasteiger partial charge is 0.480 e. The van der Waals surface area contributed by atoms with E-state index in [1.165, 1.54) is 0 Å². The Balaban J connectivity index is 1.93. The first-order valence-corrected chi connectivity index (χ1v) is 6.45. The van der Waals surface area contributed by atoms with Crippen LogP contribution < -0.4 is 5.32 Å². The number of nitrogens with one attached hydrogen (secondary N) is 1. The lowest BCUT2D eigenvalue weighted by Gasteiger charge is -2.32. The van der Waals surface area contributed by atoms with Crippen molar-refractivity contribution in [2.24, 2.45) is 0 Å². The molecule has 21 heavy (non-hydrogen) atoms. The third kappa shape index (κ3) is 4.02. The molecule has 0 bridgehead atoms. The number of amides is 1. The van der Waals surface area contributed by atoms with Gasteiger partial charge in [-0.25, -0.2) is 0 Å². The van der Waals surface area contributed by atoms with Crippen molar-refractivity contribution in [3.05, 3.63) is 29.8 Å². The van der Waals surface area contributed by atoms with E-state index in [4.69, 9.17) is 15.1 Å². The van der Waals surface area contributed by atoms with Gasteiger partial charge in [-0.15, -0.1) is 0 Å². The van der Waals surface area contributed by atoms with Crippen LogP contribution in [0.25, 0.3) is 0 Å². The Kier molecular flexibility index (Phi) is 4.87. The zero-order valence-electron chi connectivity index (χ0n) is 11.3. The minimum Gasteiger partial charge on any atom is -0.480 e. The standard InChI is InChI=1S/C14H15N3O4/c15-7-10-1-3-11(4-2-10)16-13(18)8-17-5-6-21-9-12(17)14(19)20/h1-4,12H,5-6,8-9H2,(H,16,18)(H,19,20). The molecule has 0 saturated carbocycles. The first kappa shape index (κ1) is 15.0. The topological polar surface area (TPSA) is 103 Å². The Morgan fingerprint density at radius 1 is 1.43 bits per heavy atom. The molecular weight excluding hydrogens is 274 g/mol. The van der Waals surface area contributed by atoms with E-state index in [9.17, 15) is 9.59 Å². The summed E-state index contributed by atoms with van der Waals surface area (Å²) < 4.78 is 5.11. The fraction of sp³-hybridized carbons (Fsp3) is 0.357. The van der Waals surface area contributed by atoms with Gasteiger partial charge in [0.15, 0.2) is 0 Å². The number of aliphatic carboxylic acids is 1. The number of ether oxygens (including phenoxy) is 1. The highest BCUT2D eigenvalue weighted by atomic mass is 16.5. The summed E-state index contributed by atoms with van der Waals surface area (Å²) in [5, 5.41) is 20.5. The molecule has 2 N–H and O–H groups in total. The molecule has 1 aliphatic heterocycles. The lowest BCUT2D eigenvalue weighted by molar-refractivity contribution is -0.150. The number of nitrogens with zero attached hydrogens (tertiary/aromatic N) is 2. The van der Waals surface area contributed by atoms with E-state index in [0.717, 1.165) is 0 Å². The van der Waals surface area contributed by atoms with Crippen LogP contribution in [0.3, 0.4) is 0 Å². The number of carboxylic acids is 1. The van der Waals surface area contributed by atoms with Crippen LogP contribution in [-0.2, 0) is 14.3 Å². The van der Waals surface area contributed by atoms with Gasteiger partial charge in [0.2, 0.25) is 5.91 Å². The molecular formula is C14H15N3O4. The molecule has 1 aliphatic rings. The maximum atomic E-state index is 12.0. The minimum atomic E-state index is -0.999. The molecule has 1 aromatic rings. The summed E-state index contributed by atoms with van der Waals surface area (Å²) in [5.41, 5.74) is 1.08. The van der Waals surface area contributed by atoms with Crippen LogP contribution in [-0.4, -0.2) is 54.2 Å². The molecule has 1 saturated heterocycles. The zero-order chi connectivity index (χ0) is 15.2. The Bertz CT molecular complexity index is 565. The van der Waals surface area contributed by atoms with E-state index in [-0.39, 0.29) is 19.1 Å². The first-order chi connectivity index (χ1) is 10.1. The maximum absolute atomic E-state index is 12.0. The van der Waals surface area contributed by atoms with Crippen LogP contribution in [0.1, 0.15) is 5.56 Å². The van der Waals surface area contributed by atoms with Crippen LogP contribution in [0, 0.1) is 11.3 Å². The normalized spacial score (nSPS) is 18.7. The first-order valence-electron chi connectivity index (χ1n) is 6.45. The highest BCUT2D eigenvalue weighted by Crippen LogP contribution is 2.10. The van der Waals surface area contributed by atoms with Gasteiger partial charge in [-0.3, -0.25) is 14.5 Å². The quantitative estimate of drug-likeness (QED) is 0.825. The molecule has 7 heteroatoms. The number of morpholine rings is 1. The van der Waals surface area contributed by atoms with E-state index >= 15 is 0 Å². The van der Waals surface area contributed by atoms with Crippen LogP contribution in [0.4, 0.5) is 5.69 Å². The number of anilines is 1. The van der Waals surface area contributed by atoms with E-state index in [1.54, 1.807) is 29.2 Å². The molecule has 110 valence electrons. The van der Waals surface area contributed by atoms with Gasteiger partial charge in [-0.2, -0.15) is 5.26 Å². The summed E-state index contributed by atoms with van der Waals surface area (Å²) in [6, 6.07) is 7.65. The highest BCUT2D eigenvalue weighted by Gasteiger charge is 2.30. The number of hydrogen-bond donors (Lipinski definition) is 2. The summed E-state index contributed by atoms with van der Waals surface area (Å²) in [5.74, 6) is -1.30. The minimum absolute atomic E-state index is 0.0136. The monoisotopic (exact) mass is 289 g/mol. The second-order valence-corrected chi connectivity index (χ2v) is 4.64. The van der Waals surface area contributed by atoms with Crippen molar-refractivity contribution in [2.45, 2.75) is 6.04 Å². The van der Waals surface area contributed by atoms with Crippen molar-refractivity contribution in [3.63, 3.8) is 0 Å². The number of carboxylic acid groups (broad SMARTS) is 1. The molecule has 1 atom stereocenters. The SMILES string of the molecule is N#Cc1ccc(NC(=O)CN2CCOCC2C(=O)O)cc1. The summed E-state index contributed by atoms with van der Waals surface area (Å²) in [4.78, 5) is 24.6. The molecule has 0 radical (unpaired) electrons. The summed E-state index contributed by atoms with van der Waals surface area (Å²) >= 11 is 0. The van der Waals surface area contributed by atoms with Gasteiger partial charge in [-0.1, -0.05) is 0 Å². The Labute approximate surface area is 121 Å². The lowest BCUT2D eigenvalue weighted by atomic mass is 10.2. The molecule has 2 rings (SSSR count). The smallest absolute Gasteiger partial charge is 0.323 e. The van der Waals surface area contributed by atoms with E-state index < -0.39 is 12.0 Å².